The number of aromatic amines is 1. The normalized spacial score (nSPS) is 13.8. The van der Waals surface area contributed by atoms with Crippen LogP contribution in [0.25, 0.3) is 10.2 Å². The highest BCUT2D eigenvalue weighted by Gasteiger charge is 2.19. The summed E-state index contributed by atoms with van der Waals surface area (Å²) >= 11 is 1.59. The predicted octanol–water partition coefficient (Wildman–Crippen LogP) is 3.46. The van der Waals surface area contributed by atoms with Crippen LogP contribution in [0.15, 0.2) is 35.7 Å². The largest absolute Gasteiger partial charge is 0.350 e. The van der Waals surface area contributed by atoms with Crippen LogP contribution in [0.5, 0.6) is 0 Å². The fourth-order valence-corrected chi connectivity index (χ4v) is 3.41. The van der Waals surface area contributed by atoms with Crippen LogP contribution in [0.3, 0.4) is 0 Å². The van der Waals surface area contributed by atoms with Crippen molar-refractivity contribution in [3.63, 3.8) is 0 Å². The van der Waals surface area contributed by atoms with Gasteiger partial charge in [0, 0.05) is 25.0 Å². The van der Waals surface area contributed by atoms with E-state index in [1.807, 2.05) is 29.6 Å². The van der Waals surface area contributed by atoms with Gasteiger partial charge >= 0.3 is 6.03 Å². The second-order valence-corrected chi connectivity index (χ2v) is 6.44. The smallest absolute Gasteiger partial charge is 0.321 e. The van der Waals surface area contributed by atoms with Gasteiger partial charge in [-0.3, -0.25) is 4.79 Å². The summed E-state index contributed by atoms with van der Waals surface area (Å²) in [6.45, 7) is 0.517. The summed E-state index contributed by atoms with van der Waals surface area (Å²) in [6.07, 6.45) is 0. The average molecular weight is 326 g/mol. The predicted molar refractivity (Wildman–Crippen MR) is 91.1 cm³/mol. The number of carbonyl (C=O) groups is 2. The van der Waals surface area contributed by atoms with Gasteiger partial charge in [-0.05, 0) is 41.3 Å². The van der Waals surface area contributed by atoms with Crippen LogP contribution in [0.1, 0.15) is 16.1 Å². The number of anilines is 2. The minimum absolute atomic E-state index is 0.124. The number of amides is 3. The summed E-state index contributed by atoms with van der Waals surface area (Å²) in [4.78, 5) is 28.6. The minimum atomic E-state index is -0.179. The van der Waals surface area contributed by atoms with E-state index in [-0.39, 0.29) is 11.9 Å². The van der Waals surface area contributed by atoms with Gasteiger partial charge in [0.1, 0.15) is 5.69 Å². The van der Waals surface area contributed by atoms with E-state index >= 15 is 0 Å². The lowest BCUT2D eigenvalue weighted by atomic mass is 10.1. The molecule has 4 rings (SSSR count). The summed E-state index contributed by atoms with van der Waals surface area (Å²) < 4.78 is 1.06. The van der Waals surface area contributed by atoms with Crippen LogP contribution in [0.4, 0.5) is 16.2 Å². The van der Waals surface area contributed by atoms with Crippen LogP contribution in [0.2, 0.25) is 0 Å². The number of aromatic nitrogens is 1. The van der Waals surface area contributed by atoms with Crippen molar-refractivity contribution >= 4 is 44.9 Å². The maximum Gasteiger partial charge on any atom is 0.321 e. The van der Waals surface area contributed by atoms with E-state index < -0.39 is 0 Å². The van der Waals surface area contributed by atoms with Gasteiger partial charge in [-0.25, -0.2) is 4.79 Å². The first-order valence-electron chi connectivity index (χ1n) is 7.13. The number of carbonyl (C=O) groups excluding carboxylic acids is 2. The monoisotopic (exact) mass is 326 g/mol. The Kier molecular flexibility index (Phi) is 3.09. The third kappa shape index (κ3) is 2.44. The molecule has 116 valence electrons. The van der Waals surface area contributed by atoms with Crippen molar-refractivity contribution in [3.8, 4) is 0 Å². The minimum Gasteiger partial charge on any atom is -0.350 e. The van der Waals surface area contributed by atoms with E-state index in [4.69, 9.17) is 0 Å². The Morgan fingerprint density at radius 2 is 2.17 bits per heavy atom. The number of nitrogens with one attached hydrogen (secondary N) is 3. The molecule has 6 nitrogen and oxygen atoms in total. The van der Waals surface area contributed by atoms with Crippen LogP contribution >= 0.6 is 11.3 Å². The van der Waals surface area contributed by atoms with Crippen molar-refractivity contribution in [3.05, 3.63) is 47.0 Å². The second-order valence-electron chi connectivity index (χ2n) is 5.49. The zero-order valence-electron chi connectivity index (χ0n) is 12.3. The molecule has 0 bridgehead atoms. The summed E-state index contributed by atoms with van der Waals surface area (Å²) in [7, 11) is 1.73. The van der Waals surface area contributed by atoms with Crippen LogP contribution in [0, 0.1) is 0 Å². The number of hydrogen-bond donors (Lipinski definition) is 3. The molecule has 1 aliphatic heterocycles. The molecule has 0 atom stereocenters. The topological polar surface area (TPSA) is 77.2 Å². The molecule has 0 saturated carbocycles. The number of H-pyrrole nitrogens is 1. The van der Waals surface area contributed by atoms with Gasteiger partial charge in [0.2, 0.25) is 0 Å². The number of thiophene rings is 1. The Bertz CT molecular complexity index is 899. The van der Waals surface area contributed by atoms with Gasteiger partial charge in [-0.1, -0.05) is 0 Å². The lowest BCUT2D eigenvalue weighted by Gasteiger charge is -2.26. The van der Waals surface area contributed by atoms with E-state index in [1.54, 1.807) is 29.4 Å². The van der Waals surface area contributed by atoms with E-state index in [0.29, 0.717) is 17.9 Å². The molecule has 7 heteroatoms. The number of nitrogens with zero attached hydrogens (tertiary/aromatic N) is 1. The first kappa shape index (κ1) is 13.8. The molecule has 23 heavy (non-hydrogen) atoms. The van der Waals surface area contributed by atoms with Crippen LogP contribution in [-0.2, 0) is 6.54 Å². The van der Waals surface area contributed by atoms with Gasteiger partial charge < -0.3 is 20.5 Å². The van der Waals surface area contributed by atoms with E-state index in [9.17, 15) is 9.59 Å². The van der Waals surface area contributed by atoms with Crippen molar-refractivity contribution < 1.29 is 9.59 Å². The molecular formula is C16H14N4O2S. The zero-order chi connectivity index (χ0) is 16.0. The lowest BCUT2D eigenvalue weighted by Crippen LogP contribution is -2.35. The Labute approximate surface area is 136 Å². The van der Waals surface area contributed by atoms with Crippen molar-refractivity contribution in [2.24, 2.45) is 0 Å². The fraction of sp³-hybridized carbons (Fsp3) is 0.125. The van der Waals surface area contributed by atoms with E-state index in [2.05, 4.69) is 15.6 Å². The quantitative estimate of drug-likeness (QED) is 0.674. The molecule has 0 saturated heterocycles. The molecule has 0 unspecified atom stereocenters. The Balaban J connectivity index is 1.57. The number of fused-ring (bicyclic) bond motifs is 2. The molecule has 1 aliphatic rings. The molecule has 0 radical (unpaired) electrons. The standard InChI is InChI=1S/C16H14N4O2S/c1-20-8-9-6-10(2-3-11(9)19-16(20)22)17-15(21)13-7-14-12(18-13)4-5-23-14/h2-7,18H,8H2,1H3,(H,17,21)(H,19,22). The maximum atomic E-state index is 12.3. The third-order valence-electron chi connectivity index (χ3n) is 3.84. The zero-order valence-corrected chi connectivity index (χ0v) is 13.2. The highest BCUT2D eigenvalue weighted by atomic mass is 32.1. The molecule has 2 aromatic heterocycles. The molecular weight excluding hydrogens is 312 g/mol. The molecule has 3 amide bonds. The Morgan fingerprint density at radius 3 is 3.00 bits per heavy atom. The average Bonchev–Trinajstić information content (AvgIpc) is 3.10. The number of rotatable bonds is 2. The molecule has 0 aliphatic carbocycles. The van der Waals surface area contributed by atoms with Crippen molar-refractivity contribution in [1.29, 1.82) is 0 Å². The summed E-state index contributed by atoms with van der Waals surface area (Å²) in [5.74, 6) is -0.179. The third-order valence-corrected chi connectivity index (χ3v) is 4.71. The molecule has 3 N–H and O–H groups in total. The van der Waals surface area contributed by atoms with Crippen molar-refractivity contribution in [2.45, 2.75) is 6.54 Å². The SMILES string of the molecule is CN1Cc2cc(NC(=O)c3cc4sccc4[nH]3)ccc2NC1=O. The van der Waals surface area contributed by atoms with Gasteiger partial charge in [-0.2, -0.15) is 0 Å². The number of hydrogen-bond acceptors (Lipinski definition) is 3. The second kappa shape index (κ2) is 5.13. The van der Waals surface area contributed by atoms with Crippen LogP contribution in [-0.4, -0.2) is 28.9 Å². The first-order chi connectivity index (χ1) is 11.1. The van der Waals surface area contributed by atoms with Gasteiger partial charge in [0.05, 0.1) is 10.2 Å². The highest BCUT2D eigenvalue weighted by Crippen LogP contribution is 2.26. The number of benzene rings is 1. The molecule has 1 aromatic carbocycles. The maximum absolute atomic E-state index is 12.3. The molecule has 0 fully saturated rings. The first-order valence-corrected chi connectivity index (χ1v) is 8.01. The highest BCUT2D eigenvalue weighted by molar-refractivity contribution is 7.17. The van der Waals surface area contributed by atoms with Gasteiger partial charge in [-0.15, -0.1) is 11.3 Å². The Morgan fingerprint density at radius 1 is 1.30 bits per heavy atom. The summed E-state index contributed by atoms with van der Waals surface area (Å²) in [5.41, 5.74) is 3.96. The van der Waals surface area contributed by atoms with Gasteiger partial charge in [0.15, 0.2) is 0 Å². The van der Waals surface area contributed by atoms with Crippen molar-refractivity contribution in [1.82, 2.24) is 9.88 Å². The fourth-order valence-electron chi connectivity index (χ4n) is 2.63. The van der Waals surface area contributed by atoms with Crippen molar-refractivity contribution in [2.75, 3.05) is 17.7 Å². The molecule has 3 heterocycles. The number of urea groups is 1. The Hall–Kier alpha value is -2.80. The lowest BCUT2D eigenvalue weighted by molar-refractivity contribution is 0.102. The summed E-state index contributed by atoms with van der Waals surface area (Å²) in [5, 5.41) is 7.68. The van der Waals surface area contributed by atoms with Gasteiger partial charge in [0.25, 0.3) is 5.91 Å². The van der Waals surface area contributed by atoms with E-state index in [1.165, 1.54) is 0 Å². The van der Waals surface area contributed by atoms with E-state index in [0.717, 1.165) is 21.5 Å². The molecule has 0 spiro atoms. The molecule has 3 aromatic rings. The van der Waals surface area contributed by atoms with Crippen LogP contribution < -0.4 is 10.6 Å². The summed E-state index contributed by atoms with van der Waals surface area (Å²) in [6, 6.07) is 9.15.